The van der Waals surface area contributed by atoms with Crippen molar-refractivity contribution >= 4 is 11.8 Å². The smallest absolute Gasteiger partial charge is 0.248 e. The van der Waals surface area contributed by atoms with Crippen LogP contribution >= 0.6 is 0 Å². The largest absolute Gasteiger partial charge is 0.342 e. The molecule has 3 fully saturated rings. The molecule has 118 valence electrons. The Morgan fingerprint density at radius 2 is 1.95 bits per heavy atom. The van der Waals surface area contributed by atoms with Gasteiger partial charge in [-0.25, -0.2) is 0 Å². The summed E-state index contributed by atoms with van der Waals surface area (Å²) in [6.07, 6.45) is 6.19. The highest BCUT2D eigenvalue weighted by molar-refractivity contribution is 5.93. The van der Waals surface area contributed by atoms with Gasteiger partial charge in [-0.3, -0.25) is 9.59 Å². The third-order valence-electron chi connectivity index (χ3n) is 5.49. The molecule has 5 nitrogen and oxygen atoms in total. The summed E-state index contributed by atoms with van der Waals surface area (Å²) in [5.74, 6) is 0.491. The fourth-order valence-corrected chi connectivity index (χ4v) is 3.81. The predicted molar refractivity (Wildman–Crippen MR) is 80.7 cm³/mol. The van der Waals surface area contributed by atoms with E-state index in [0.717, 1.165) is 32.4 Å². The third-order valence-corrected chi connectivity index (χ3v) is 5.49. The van der Waals surface area contributed by atoms with Crippen molar-refractivity contribution in [2.75, 3.05) is 26.7 Å². The number of nitrogens with zero attached hydrogens (tertiary/aromatic N) is 2. The highest BCUT2D eigenvalue weighted by Crippen LogP contribution is 2.41. The quantitative estimate of drug-likeness (QED) is 0.844. The molecule has 3 rings (SSSR count). The molecule has 1 aliphatic carbocycles. The van der Waals surface area contributed by atoms with Crippen molar-refractivity contribution in [3.05, 3.63) is 0 Å². The fraction of sp³-hybridized carbons (Fsp3) is 0.875. The van der Waals surface area contributed by atoms with Crippen molar-refractivity contribution in [3.8, 4) is 0 Å². The van der Waals surface area contributed by atoms with Crippen LogP contribution in [0.4, 0.5) is 0 Å². The Hall–Kier alpha value is -1.10. The zero-order valence-corrected chi connectivity index (χ0v) is 13.2. The molecule has 2 amide bonds. The third kappa shape index (κ3) is 2.93. The number of rotatable bonds is 3. The van der Waals surface area contributed by atoms with Crippen LogP contribution in [-0.2, 0) is 9.59 Å². The van der Waals surface area contributed by atoms with E-state index in [-0.39, 0.29) is 11.8 Å². The van der Waals surface area contributed by atoms with Crippen LogP contribution in [0.2, 0.25) is 0 Å². The second-order valence-electron chi connectivity index (χ2n) is 7.16. The van der Waals surface area contributed by atoms with E-state index in [2.05, 4.69) is 17.3 Å². The van der Waals surface area contributed by atoms with Crippen molar-refractivity contribution < 1.29 is 9.59 Å². The van der Waals surface area contributed by atoms with E-state index in [0.29, 0.717) is 24.9 Å². The van der Waals surface area contributed by atoms with Gasteiger partial charge in [-0.2, -0.15) is 0 Å². The Morgan fingerprint density at radius 3 is 2.62 bits per heavy atom. The summed E-state index contributed by atoms with van der Waals surface area (Å²) in [4.78, 5) is 29.3. The second kappa shape index (κ2) is 5.59. The van der Waals surface area contributed by atoms with Crippen molar-refractivity contribution in [2.45, 2.75) is 57.0 Å². The number of carbonyl (C=O) groups excluding carboxylic acids is 2. The summed E-state index contributed by atoms with van der Waals surface area (Å²) in [5, 5.41) is 3.00. The van der Waals surface area contributed by atoms with Gasteiger partial charge in [0.15, 0.2) is 0 Å². The lowest BCUT2D eigenvalue weighted by Crippen LogP contribution is -2.58. The molecule has 5 heteroatoms. The normalized spacial score (nSPS) is 35.5. The van der Waals surface area contributed by atoms with E-state index < -0.39 is 5.54 Å². The molecule has 0 radical (unpaired) electrons. The van der Waals surface area contributed by atoms with Crippen molar-refractivity contribution in [2.24, 2.45) is 5.92 Å². The van der Waals surface area contributed by atoms with Gasteiger partial charge in [-0.05, 0) is 52.1 Å². The minimum absolute atomic E-state index is 0.0252. The summed E-state index contributed by atoms with van der Waals surface area (Å²) in [6, 6.07) is 0.444. The Labute approximate surface area is 127 Å². The van der Waals surface area contributed by atoms with Gasteiger partial charge < -0.3 is 15.1 Å². The first-order valence-corrected chi connectivity index (χ1v) is 8.31. The van der Waals surface area contributed by atoms with Gasteiger partial charge in [0.25, 0.3) is 0 Å². The fourth-order valence-electron chi connectivity index (χ4n) is 3.81. The first-order valence-electron chi connectivity index (χ1n) is 8.31. The van der Waals surface area contributed by atoms with E-state index in [9.17, 15) is 9.59 Å². The summed E-state index contributed by atoms with van der Waals surface area (Å²) >= 11 is 0. The summed E-state index contributed by atoms with van der Waals surface area (Å²) < 4.78 is 0. The topological polar surface area (TPSA) is 52.6 Å². The van der Waals surface area contributed by atoms with E-state index >= 15 is 0 Å². The highest BCUT2D eigenvalue weighted by Gasteiger charge is 2.51. The SMILES string of the molecule is CN1CCCCC1CN1CCC(=O)NC(C)(C2CC2)C1=O. The molecular weight excluding hydrogens is 266 g/mol. The molecule has 1 N–H and O–H groups in total. The van der Waals surface area contributed by atoms with Gasteiger partial charge in [0.2, 0.25) is 11.8 Å². The molecule has 0 aromatic heterocycles. The molecule has 0 bridgehead atoms. The number of hydrogen-bond acceptors (Lipinski definition) is 3. The van der Waals surface area contributed by atoms with Crippen LogP contribution in [0.25, 0.3) is 0 Å². The van der Waals surface area contributed by atoms with Crippen molar-refractivity contribution in [1.82, 2.24) is 15.1 Å². The predicted octanol–water partition coefficient (Wildman–Crippen LogP) is 0.988. The summed E-state index contributed by atoms with van der Waals surface area (Å²) in [6.45, 7) is 4.38. The lowest BCUT2D eigenvalue weighted by atomic mass is 9.93. The van der Waals surface area contributed by atoms with Crippen LogP contribution in [0.1, 0.15) is 45.4 Å². The Balaban J connectivity index is 1.74. The number of likely N-dealkylation sites (tertiary alicyclic amines) is 1. The number of nitrogens with one attached hydrogen (secondary N) is 1. The molecule has 3 aliphatic rings. The molecule has 2 aliphatic heterocycles. The van der Waals surface area contributed by atoms with Gasteiger partial charge in [0.1, 0.15) is 5.54 Å². The minimum atomic E-state index is -0.666. The molecule has 21 heavy (non-hydrogen) atoms. The average Bonchev–Trinajstić information content (AvgIpc) is 3.28. The first-order chi connectivity index (χ1) is 10.0. The van der Waals surface area contributed by atoms with Gasteiger partial charge in [0.05, 0.1) is 0 Å². The molecule has 0 spiro atoms. The van der Waals surface area contributed by atoms with Crippen LogP contribution in [0, 0.1) is 5.92 Å². The van der Waals surface area contributed by atoms with Gasteiger partial charge in [-0.1, -0.05) is 6.42 Å². The van der Waals surface area contributed by atoms with Crippen LogP contribution < -0.4 is 5.32 Å². The van der Waals surface area contributed by atoms with Crippen LogP contribution in [-0.4, -0.2) is 59.9 Å². The number of piperidine rings is 1. The van der Waals surface area contributed by atoms with E-state index in [1.165, 1.54) is 12.8 Å². The molecule has 0 aromatic carbocycles. The van der Waals surface area contributed by atoms with Crippen molar-refractivity contribution in [3.63, 3.8) is 0 Å². The van der Waals surface area contributed by atoms with Crippen LogP contribution in [0.3, 0.4) is 0 Å². The summed E-state index contributed by atoms with van der Waals surface area (Å²) in [5.41, 5.74) is -0.666. The zero-order valence-electron chi connectivity index (χ0n) is 13.2. The van der Waals surface area contributed by atoms with E-state index in [1.54, 1.807) is 0 Å². The van der Waals surface area contributed by atoms with E-state index in [4.69, 9.17) is 0 Å². The molecule has 2 heterocycles. The minimum Gasteiger partial charge on any atom is -0.342 e. The number of hydrogen-bond donors (Lipinski definition) is 1. The maximum absolute atomic E-state index is 13.0. The van der Waals surface area contributed by atoms with Gasteiger partial charge in [0, 0.05) is 25.6 Å². The second-order valence-corrected chi connectivity index (χ2v) is 7.16. The molecule has 1 saturated carbocycles. The van der Waals surface area contributed by atoms with E-state index in [1.807, 2.05) is 11.8 Å². The molecule has 2 unspecified atom stereocenters. The van der Waals surface area contributed by atoms with Crippen LogP contribution in [0.15, 0.2) is 0 Å². The molecule has 0 aromatic rings. The number of amides is 2. The molecular formula is C16H27N3O2. The maximum atomic E-state index is 13.0. The van der Waals surface area contributed by atoms with Crippen LogP contribution in [0.5, 0.6) is 0 Å². The number of likely N-dealkylation sites (N-methyl/N-ethyl adjacent to an activating group) is 1. The lowest BCUT2D eigenvalue weighted by molar-refractivity contribution is -0.139. The van der Waals surface area contributed by atoms with Gasteiger partial charge >= 0.3 is 0 Å². The van der Waals surface area contributed by atoms with Crippen molar-refractivity contribution in [1.29, 1.82) is 0 Å². The monoisotopic (exact) mass is 293 g/mol. The maximum Gasteiger partial charge on any atom is 0.248 e. The average molecular weight is 293 g/mol. The highest BCUT2D eigenvalue weighted by atomic mass is 16.2. The lowest BCUT2D eigenvalue weighted by Gasteiger charge is -2.38. The summed E-state index contributed by atoms with van der Waals surface area (Å²) in [7, 11) is 2.15. The molecule has 2 saturated heterocycles. The number of carbonyl (C=O) groups is 2. The Bertz CT molecular complexity index is 435. The standard InChI is InChI=1S/C16H27N3O2/c1-16(12-6-7-12)15(21)19(10-8-14(20)17-16)11-13-5-3-4-9-18(13)2/h12-13H,3-11H2,1-2H3,(H,17,20). The first kappa shape index (κ1) is 14.8. The Morgan fingerprint density at radius 1 is 1.19 bits per heavy atom. The zero-order chi connectivity index (χ0) is 15.0. The van der Waals surface area contributed by atoms with Gasteiger partial charge in [-0.15, -0.1) is 0 Å². The molecule has 2 atom stereocenters. The Kier molecular flexibility index (Phi) is 3.95.